The van der Waals surface area contributed by atoms with Gasteiger partial charge < -0.3 is 10.1 Å². The van der Waals surface area contributed by atoms with Crippen molar-refractivity contribution in [2.75, 3.05) is 11.9 Å². The van der Waals surface area contributed by atoms with Gasteiger partial charge in [0.25, 0.3) is 5.91 Å². The first-order valence-electron chi connectivity index (χ1n) is 9.98. The minimum atomic E-state index is -0.488. The summed E-state index contributed by atoms with van der Waals surface area (Å²) in [6.07, 6.45) is 0. The molecule has 0 radical (unpaired) electrons. The summed E-state index contributed by atoms with van der Waals surface area (Å²) in [5.74, 6) is -0.840. The molecule has 0 atom stereocenters. The van der Waals surface area contributed by atoms with E-state index in [0.29, 0.717) is 5.56 Å². The zero-order valence-corrected chi connectivity index (χ0v) is 18.9. The first-order chi connectivity index (χ1) is 13.3. The summed E-state index contributed by atoms with van der Waals surface area (Å²) in [4.78, 5) is 25.0. The van der Waals surface area contributed by atoms with Gasteiger partial charge in [-0.1, -0.05) is 59.7 Å². The van der Waals surface area contributed by atoms with Gasteiger partial charge in [-0.2, -0.15) is 0 Å². The lowest BCUT2D eigenvalue weighted by Crippen LogP contribution is -2.22. The van der Waals surface area contributed by atoms with Gasteiger partial charge in [-0.3, -0.25) is 4.79 Å². The molecule has 0 bridgehead atoms. The Bertz CT molecular complexity index is 882. The van der Waals surface area contributed by atoms with Crippen LogP contribution in [0.1, 0.15) is 74.2 Å². The number of hydrogen-bond acceptors (Lipinski definition) is 3. The summed E-state index contributed by atoms with van der Waals surface area (Å²) in [7, 11) is 0. The largest absolute Gasteiger partial charge is 0.452 e. The molecule has 0 saturated carbocycles. The Morgan fingerprint density at radius 2 is 1.45 bits per heavy atom. The third-order valence-electron chi connectivity index (χ3n) is 5.11. The monoisotopic (exact) mass is 395 g/mol. The van der Waals surface area contributed by atoms with Crippen LogP contribution in [-0.4, -0.2) is 18.5 Å². The maximum Gasteiger partial charge on any atom is 0.338 e. The van der Waals surface area contributed by atoms with E-state index in [-0.39, 0.29) is 23.3 Å². The molecule has 1 amide bonds. The van der Waals surface area contributed by atoms with Crippen molar-refractivity contribution in [3.05, 3.63) is 64.2 Å². The van der Waals surface area contributed by atoms with E-state index in [9.17, 15) is 9.59 Å². The highest BCUT2D eigenvalue weighted by Gasteiger charge is 2.23. The smallest absolute Gasteiger partial charge is 0.338 e. The van der Waals surface area contributed by atoms with Crippen molar-refractivity contribution >= 4 is 17.6 Å². The summed E-state index contributed by atoms with van der Waals surface area (Å²) < 4.78 is 5.32. The number of nitrogens with one attached hydrogen (secondary N) is 1. The lowest BCUT2D eigenvalue weighted by atomic mass is 9.79. The van der Waals surface area contributed by atoms with Gasteiger partial charge in [0.2, 0.25) is 0 Å². The number of benzene rings is 2. The fourth-order valence-corrected chi connectivity index (χ4v) is 2.90. The van der Waals surface area contributed by atoms with E-state index < -0.39 is 5.97 Å². The predicted molar refractivity (Wildman–Crippen MR) is 119 cm³/mol. The van der Waals surface area contributed by atoms with Crippen LogP contribution in [-0.2, 0) is 20.4 Å². The molecule has 2 aromatic carbocycles. The molecule has 0 fully saturated rings. The zero-order chi connectivity index (χ0) is 22.0. The van der Waals surface area contributed by atoms with Gasteiger partial charge in [0.1, 0.15) is 0 Å². The Morgan fingerprint density at radius 3 is 1.97 bits per heavy atom. The van der Waals surface area contributed by atoms with Crippen molar-refractivity contribution in [3.63, 3.8) is 0 Å². The molecule has 0 aliphatic rings. The molecule has 0 aromatic heterocycles. The van der Waals surface area contributed by atoms with Gasteiger partial charge in [0, 0.05) is 5.69 Å². The van der Waals surface area contributed by atoms with Gasteiger partial charge in [-0.05, 0) is 65.1 Å². The molecule has 2 aromatic rings. The second-order valence-electron chi connectivity index (χ2n) is 9.67. The molecule has 2 rings (SSSR count). The van der Waals surface area contributed by atoms with E-state index in [1.807, 2.05) is 44.2 Å². The lowest BCUT2D eigenvalue weighted by Gasteiger charge is -2.25. The van der Waals surface area contributed by atoms with Gasteiger partial charge >= 0.3 is 5.97 Å². The van der Waals surface area contributed by atoms with E-state index in [0.717, 1.165) is 27.9 Å². The van der Waals surface area contributed by atoms with Crippen LogP contribution in [0.25, 0.3) is 0 Å². The van der Waals surface area contributed by atoms with Crippen molar-refractivity contribution in [1.82, 2.24) is 0 Å². The Hall–Kier alpha value is -2.62. The van der Waals surface area contributed by atoms with Crippen molar-refractivity contribution < 1.29 is 14.3 Å². The third kappa shape index (κ3) is 5.93. The number of carbonyl (C=O) groups excluding carboxylic acids is 2. The van der Waals surface area contributed by atoms with Crippen LogP contribution in [0.5, 0.6) is 0 Å². The maximum atomic E-state index is 12.7. The Morgan fingerprint density at radius 1 is 0.897 bits per heavy atom. The minimum Gasteiger partial charge on any atom is -0.452 e. The van der Waals surface area contributed by atoms with Crippen LogP contribution < -0.4 is 5.32 Å². The quantitative estimate of drug-likeness (QED) is 0.676. The molecule has 0 unspecified atom stereocenters. The molecule has 29 heavy (non-hydrogen) atoms. The highest BCUT2D eigenvalue weighted by Crippen LogP contribution is 2.30. The second kappa shape index (κ2) is 8.40. The SMILES string of the molecule is Cc1cccc(NC(=O)COC(=O)c2cc(C(C)(C)C)cc(C(C)(C)C)c2)c1C. The van der Waals surface area contributed by atoms with E-state index in [4.69, 9.17) is 4.74 Å². The van der Waals surface area contributed by atoms with Gasteiger partial charge in [-0.25, -0.2) is 4.79 Å². The molecule has 156 valence electrons. The molecule has 0 heterocycles. The first kappa shape index (κ1) is 22.7. The predicted octanol–water partition coefficient (Wildman–Crippen LogP) is 5.69. The highest BCUT2D eigenvalue weighted by atomic mass is 16.5. The van der Waals surface area contributed by atoms with Crippen LogP contribution in [0, 0.1) is 13.8 Å². The molecule has 0 aliphatic carbocycles. The molecular formula is C25H33NO3. The van der Waals surface area contributed by atoms with Gasteiger partial charge in [0.05, 0.1) is 5.56 Å². The van der Waals surface area contributed by atoms with Crippen molar-refractivity contribution in [2.24, 2.45) is 0 Å². The molecule has 4 heteroatoms. The number of amides is 1. The zero-order valence-electron chi connectivity index (χ0n) is 18.9. The normalized spacial score (nSPS) is 11.9. The average molecular weight is 396 g/mol. The molecule has 0 aliphatic heterocycles. The molecule has 4 nitrogen and oxygen atoms in total. The number of rotatable bonds is 4. The van der Waals surface area contributed by atoms with Crippen molar-refractivity contribution in [2.45, 2.75) is 66.2 Å². The fraction of sp³-hybridized carbons (Fsp3) is 0.440. The number of anilines is 1. The highest BCUT2D eigenvalue weighted by molar-refractivity contribution is 5.96. The second-order valence-corrected chi connectivity index (χ2v) is 9.67. The summed E-state index contributed by atoms with van der Waals surface area (Å²) >= 11 is 0. The minimum absolute atomic E-state index is 0.101. The first-order valence-corrected chi connectivity index (χ1v) is 9.98. The van der Waals surface area contributed by atoms with E-state index in [1.165, 1.54) is 0 Å². The Labute approximate surface area is 174 Å². The number of ether oxygens (including phenoxy) is 1. The number of carbonyl (C=O) groups is 2. The summed E-state index contributed by atoms with van der Waals surface area (Å²) in [5.41, 5.74) is 5.23. The van der Waals surface area contributed by atoms with E-state index in [1.54, 1.807) is 0 Å². The molecular weight excluding hydrogens is 362 g/mol. The van der Waals surface area contributed by atoms with Gasteiger partial charge in [0.15, 0.2) is 6.61 Å². The van der Waals surface area contributed by atoms with Crippen LogP contribution >= 0.6 is 0 Å². The molecule has 0 spiro atoms. The maximum absolute atomic E-state index is 12.7. The number of esters is 1. The Kier molecular flexibility index (Phi) is 6.56. The van der Waals surface area contributed by atoms with Crippen LogP contribution in [0.3, 0.4) is 0 Å². The van der Waals surface area contributed by atoms with E-state index >= 15 is 0 Å². The molecule has 1 N–H and O–H groups in total. The number of hydrogen-bond donors (Lipinski definition) is 1. The third-order valence-corrected chi connectivity index (χ3v) is 5.11. The standard InChI is InChI=1S/C25H33NO3/c1-16-10-9-11-21(17(16)2)26-22(27)15-29-23(28)18-12-19(24(3,4)5)14-20(13-18)25(6,7)8/h9-14H,15H2,1-8H3,(H,26,27). The summed E-state index contributed by atoms with van der Waals surface area (Å²) in [6, 6.07) is 11.6. The van der Waals surface area contributed by atoms with Crippen molar-refractivity contribution in [3.8, 4) is 0 Å². The van der Waals surface area contributed by atoms with Crippen LogP contribution in [0.15, 0.2) is 36.4 Å². The van der Waals surface area contributed by atoms with Crippen molar-refractivity contribution in [1.29, 1.82) is 0 Å². The number of aryl methyl sites for hydroxylation is 1. The summed E-state index contributed by atoms with van der Waals surface area (Å²) in [5, 5.41) is 2.81. The average Bonchev–Trinajstić information content (AvgIpc) is 2.61. The van der Waals surface area contributed by atoms with E-state index in [2.05, 4.69) is 52.9 Å². The van der Waals surface area contributed by atoms with Crippen LogP contribution in [0.2, 0.25) is 0 Å². The fourth-order valence-electron chi connectivity index (χ4n) is 2.90. The molecule has 0 saturated heterocycles. The lowest BCUT2D eigenvalue weighted by molar-refractivity contribution is -0.119. The summed E-state index contributed by atoms with van der Waals surface area (Å²) in [6.45, 7) is 16.3. The van der Waals surface area contributed by atoms with Crippen LogP contribution in [0.4, 0.5) is 5.69 Å². The topological polar surface area (TPSA) is 55.4 Å². The Balaban J connectivity index is 2.16. The van der Waals surface area contributed by atoms with Gasteiger partial charge in [-0.15, -0.1) is 0 Å².